The van der Waals surface area contributed by atoms with Crippen LogP contribution in [-0.2, 0) is 15.3 Å². The highest BCUT2D eigenvalue weighted by Gasteiger charge is 2.22. The molecule has 6 heteroatoms. The van der Waals surface area contributed by atoms with E-state index in [0.717, 1.165) is 11.3 Å². The maximum Gasteiger partial charge on any atom is 0.327 e. The quantitative estimate of drug-likeness (QED) is 0.643. The molecule has 1 aromatic carbocycles. The molecule has 2 N–H and O–H groups in total. The number of amides is 1. The SMILES string of the molecule is CC(CS)C(=O)N[C@@H](CSCc1ccccc1)C(=O)O. The number of nitrogens with one attached hydrogen (secondary N) is 1. The van der Waals surface area contributed by atoms with Crippen LogP contribution in [0.15, 0.2) is 30.3 Å². The zero-order valence-corrected chi connectivity index (χ0v) is 13.0. The number of thiol groups is 1. The van der Waals surface area contributed by atoms with Gasteiger partial charge >= 0.3 is 5.97 Å². The smallest absolute Gasteiger partial charge is 0.327 e. The van der Waals surface area contributed by atoms with E-state index in [9.17, 15) is 9.59 Å². The van der Waals surface area contributed by atoms with Crippen molar-refractivity contribution in [2.24, 2.45) is 5.92 Å². The molecule has 0 heterocycles. The summed E-state index contributed by atoms with van der Waals surface area (Å²) < 4.78 is 0. The van der Waals surface area contributed by atoms with Crippen molar-refractivity contribution in [2.45, 2.75) is 18.7 Å². The van der Waals surface area contributed by atoms with Gasteiger partial charge in [-0.05, 0) is 5.56 Å². The van der Waals surface area contributed by atoms with Crippen LogP contribution < -0.4 is 5.32 Å². The molecule has 0 aliphatic carbocycles. The number of hydrogen-bond acceptors (Lipinski definition) is 4. The van der Waals surface area contributed by atoms with Crippen LogP contribution in [0.2, 0.25) is 0 Å². The number of rotatable bonds is 8. The Bertz CT molecular complexity index is 439. The average Bonchev–Trinajstić information content (AvgIpc) is 2.46. The highest BCUT2D eigenvalue weighted by atomic mass is 32.2. The molecule has 1 aromatic rings. The summed E-state index contributed by atoms with van der Waals surface area (Å²) in [5.74, 6) is -0.106. The Kier molecular flexibility index (Phi) is 7.54. The van der Waals surface area contributed by atoms with Gasteiger partial charge in [0.05, 0.1) is 0 Å². The van der Waals surface area contributed by atoms with Gasteiger partial charge in [0.2, 0.25) is 5.91 Å². The Morgan fingerprint density at radius 1 is 1.35 bits per heavy atom. The van der Waals surface area contributed by atoms with Gasteiger partial charge in [0.1, 0.15) is 6.04 Å². The van der Waals surface area contributed by atoms with Gasteiger partial charge in [0.25, 0.3) is 0 Å². The third kappa shape index (κ3) is 5.88. The van der Waals surface area contributed by atoms with Crippen molar-refractivity contribution < 1.29 is 14.7 Å². The molecular formula is C14H19NO3S2. The van der Waals surface area contributed by atoms with Crippen LogP contribution in [0.3, 0.4) is 0 Å². The third-order valence-electron chi connectivity index (χ3n) is 2.73. The average molecular weight is 313 g/mol. The summed E-state index contributed by atoms with van der Waals surface area (Å²) in [5.41, 5.74) is 1.14. The second-order valence-corrected chi connectivity index (χ2v) is 5.88. The molecule has 1 amide bonds. The van der Waals surface area contributed by atoms with Crippen LogP contribution in [0.4, 0.5) is 0 Å². The normalized spacial score (nSPS) is 13.5. The lowest BCUT2D eigenvalue weighted by atomic mass is 10.2. The Labute approximate surface area is 128 Å². The van der Waals surface area contributed by atoms with E-state index in [2.05, 4.69) is 17.9 Å². The molecule has 1 unspecified atom stereocenters. The van der Waals surface area contributed by atoms with Gasteiger partial charge in [-0.15, -0.1) is 0 Å². The molecule has 0 saturated carbocycles. The summed E-state index contributed by atoms with van der Waals surface area (Å²) in [6, 6.07) is 8.95. The predicted octanol–water partition coefficient (Wildman–Crippen LogP) is 2.06. The van der Waals surface area contributed by atoms with Gasteiger partial charge in [-0.25, -0.2) is 4.79 Å². The summed E-state index contributed by atoms with van der Waals surface area (Å²) in [7, 11) is 0. The van der Waals surface area contributed by atoms with Crippen molar-refractivity contribution in [2.75, 3.05) is 11.5 Å². The van der Waals surface area contributed by atoms with Crippen LogP contribution in [0, 0.1) is 5.92 Å². The molecule has 0 aliphatic heterocycles. The molecule has 0 fully saturated rings. The molecule has 110 valence electrons. The minimum absolute atomic E-state index is 0.271. The molecule has 0 spiro atoms. The van der Waals surface area contributed by atoms with Gasteiger partial charge in [0, 0.05) is 23.2 Å². The summed E-state index contributed by atoms with van der Waals surface area (Å²) in [6.07, 6.45) is 0. The van der Waals surface area contributed by atoms with Crippen molar-refractivity contribution in [3.63, 3.8) is 0 Å². The van der Waals surface area contributed by atoms with Crippen molar-refractivity contribution in [1.29, 1.82) is 0 Å². The van der Waals surface area contributed by atoms with Crippen LogP contribution >= 0.6 is 24.4 Å². The standard InChI is InChI=1S/C14H19NO3S2/c1-10(7-19)13(16)15-12(14(17)18)9-20-8-11-5-3-2-4-6-11/h2-6,10,12,19H,7-9H2,1H3,(H,15,16)(H,17,18)/t10?,12-/m0/s1. The van der Waals surface area contributed by atoms with E-state index in [-0.39, 0.29) is 11.8 Å². The number of carbonyl (C=O) groups excluding carboxylic acids is 1. The number of carbonyl (C=O) groups is 2. The Morgan fingerprint density at radius 2 is 2.00 bits per heavy atom. The Hall–Kier alpha value is -1.14. The molecule has 0 bridgehead atoms. The second kappa shape index (κ2) is 8.92. The minimum Gasteiger partial charge on any atom is -0.480 e. The highest BCUT2D eigenvalue weighted by Crippen LogP contribution is 2.13. The fourth-order valence-corrected chi connectivity index (χ4v) is 2.61. The first-order chi connectivity index (χ1) is 9.54. The van der Waals surface area contributed by atoms with E-state index in [1.165, 1.54) is 11.8 Å². The molecular weight excluding hydrogens is 294 g/mol. The van der Waals surface area contributed by atoms with Crippen LogP contribution in [0.5, 0.6) is 0 Å². The van der Waals surface area contributed by atoms with Crippen LogP contribution in [0.1, 0.15) is 12.5 Å². The van der Waals surface area contributed by atoms with Crippen LogP contribution in [0.25, 0.3) is 0 Å². The lowest BCUT2D eigenvalue weighted by Crippen LogP contribution is -2.45. The van der Waals surface area contributed by atoms with E-state index in [0.29, 0.717) is 11.5 Å². The van der Waals surface area contributed by atoms with E-state index < -0.39 is 12.0 Å². The van der Waals surface area contributed by atoms with Crippen molar-refractivity contribution in [3.05, 3.63) is 35.9 Å². The number of carboxylic acids is 1. The van der Waals surface area contributed by atoms with Gasteiger partial charge in [-0.1, -0.05) is 37.3 Å². The summed E-state index contributed by atoms with van der Waals surface area (Å²) >= 11 is 5.52. The molecule has 2 atom stereocenters. The van der Waals surface area contributed by atoms with E-state index in [4.69, 9.17) is 5.11 Å². The van der Waals surface area contributed by atoms with Crippen molar-refractivity contribution >= 4 is 36.3 Å². The number of thioether (sulfide) groups is 1. The molecule has 0 saturated heterocycles. The molecule has 4 nitrogen and oxygen atoms in total. The molecule has 0 aliphatic rings. The van der Waals surface area contributed by atoms with Gasteiger partial charge < -0.3 is 10.4 Å². The topological polar surface area (TPSA) is 66.4 Å². The summed E-state index contributed by atoms with van der Waals surface area (Å²) in [4.78, 5) is 22.8. The zero-order chi connectivity index (χ0) is 15.0. The maximum atomic E-state index is 11.7. The second-order valence-electron chi connectivity index (χ2n) is 4.48. The molecule has 1 rings (SSSR count). The fraction of sp³-hybridized carbons (Fsp3) is 0.429. The van der Waals surface area contributed by atoms with Crippen molar-refractivity contribution in [3.8, 4) is 0 Å². The summed E-state index contributed by atoms with van der Waals surface area (Å²) in [5, 5.41) is 11.7. The lowest BCUT2D eigenvalue weighted by Gasteiger charge is -2.16. The number of carboxylic acid groups (broad SMARTS) is 1. The first-order valence-electron chi connectivity index (χ1n) is 6.30. The van der Waals surface area contributed by atoms with E-state index in [1.807, 2.05) is 30.3 Å². The highest BCUT2D eigenvalue weighted by molar-refractivity contribution is 7.98. The number of aliphatic carboxylic acids is 1. The summed E-state index contributed by atoms with van der Waals surface area (Å²) in [6.45, 7) is 1.72. The molecule has 0 radical (unpaired) electrons. The van der Waals surface area contributed by atoms with E-state index in [1.54, 1.807) is 6.92 Å². The molecule has 0 aromatic heterocycles. The third-order valence-corrected chi connectivity index (χ3v) is 4.39. The van der Waals surface area contributed by atoms with Gasteiger partial charge in [-0.3, -0.25) is 4.79 Å². The maximum absolute atomic E-state index is 11.7. The lowest BCUT2D eigenvalue weighted by molar-refractivity contribution is -0.141. The zero-order valence-electron chi connectivity index (χ0n) is 11.3. The van der Waals surface area contributed by atoms with Crippen molar-refractivity contribution in [1.82, 2.24) is 5.32 Å². The fourth-order valence-electron chi connectivity index (χ4n) is 1.44. The van der Waals surface area contributed by atoms with Gasteiger partial charge in [0.15, 0.2) is 0 Å². The van der Waals surface area contributed by atoms with E-state index >= 15 is 0 Å². The minimum atomic E-state index is -1.01. The van der Waals surface area contributed by atoms with Crippen LogP contribution in [-0.4, -0.2) is 34.5 Å². The Balaban J connectivity index is 2.43. The van der Waals surface area contributed by atoms with Gasteiger partial charge in [-0.2, -0.15) is 24.4 Å². The number of hydrogen-bond donors (Lipinski definition) is 3. The predicted molar refractivity (Wildman–Crippen MR) is 85.2 cm³/mol. The monoisotopic (exact) mass is 313 g/mol. The Morgan fingerprint density at radius 3 is 2.55 bits per heavy atom. The first-order valence-corrected chi connectivity index (χ1v) is 8.09. The largest absolute Gasteiger partial charge is 0.480 e. The first kappa shape index (κ1) is 16.9. The number of benzene rings is 1. The molecule has 20 heavy (non-hydrogen) atoms.